The zero-order valence-electron chi connectivity index (χ0n) is 17.6. The maximum atomic E-state index is 12.6. The van der Waals surface area contributed by atoms with Crippen molar-refractivity contribution in [1.82, 2.24) is 20.9 Å². The number of hydrogen-bond donors (Lipinski definition) is 3. The predicted octanol–water partition coefficient (Wildman–Crippen LogP) is 2.11. The minimum Gasteiger partial charge on any atom is -0.357 e. The van der Waals surface area contributed by atoms with Crippen LogP contribution in [0.2, 0.25) is 0 Å². The van der Waals surface area contributed by atoms with Crippen molar-refractivity contribution in [3.63, 3.8) is 0 Å². The van der Waals surface area contributed by atoms with Crippen LogP contribution in [0.4, 0.5) is 0 Å². The number of nitrogens with zero attached hydrogens (tertiary/aromatic N) is 2. The van der Waals surface area contributed by atoms with Gasteiger partial charge in [0.1, 0.15) is 0 Å². The highest BCUT2D eigenvalue weighted by atomic mass is 127. The third-order valence-corrected chi connectivity index (χ3v) is 4.97. The SMILES string of the molecule is CCNC(=NCC1(C(=O)N(C)C)CCCC1)NCCC(=O)NC(C)CC.I. The number of carbonyl (C=O) groups excluding carboxylic acids is 2. The molecule has 0 aromatic heterocycles. The Kier molecular flexibility index (Phi) is 12.7. The number of halogens is 1. The van der Waals surface area contributed by atoms with Crippen LogP contribution in [0.1, 0.15) is 59.3 Å². The van der Waals surface area contributed by atoms with Crippen molar-refractivity contribution >= 4 is 41.8 Å². The fraction of sp³-hybridized carbons (Fsp3) is 0.842. The van der Waals surface area contributed by atoms with E-state index >= 15 is 0 Å². The van der Waals surface area contributed by atoms with Crippen LogP contribution < -0.4 is 16.0 Å². The van der Waals surface area contributed by atoms with Gasteiger partial charge in [-0.2, -0.15) is 0 Å². The van der Waals surface area contributed by atoms with Gasteiger partial charge in [0.05, 0.1) is 12.0 Å². The Balaban J connectivity index is 0.00000676. The van der Waals surface area contributed by atoms with Crippen molar-refractivity contribution in [3.05, 3.63) is 0 Å². The molecule has 0 aromatic rings. The van der Waals surface area contributed by atoms with Gasteiger partial charge in [-0.3, -0.25) is 14.6 Å². The van der Waals surface area contributed by atoms with E-state index in [4.69, 9.17) is 0 Å². The second kappa shape index (κ2) is 13.2. The first-order valence-electron chi connectivity index (χ1n) is 9.88. The molecule has 0 aromatic carbocycles. The molecule has 8 heteroatoms. The van der Waals surface area contributed by atoms with Crippen LogP contribution in [0, 0.1) is 5.41 Å². The smallest absolute Gasteiger partial charge is 0.230 e. The van der Waals surface area contributed by atoms with Gasteiger partial charge in [0.2, 0.25) is 11.8 Å². The summed E-state index contributed by atoms with van der Waals surface area (Å²) in [4.78, 5) is 30.8. The highest BCUT2D eigenvalue weighted by Gasteiger charge is 2.42. The van der Waals surface area contributed by atoms with E-state index in [0.717, 1.165) is 38.6 Å². The molecule has 2 amide bonds. The average Bonchev–Trinajstić information content (AvgIpc) is 3.08. The van der Waals surface area contributed by atoms with Gasteiger partial charge in [0, 0.05) is 39.6 Å². The van der Waals surface area contributed by atoms with Gasteiger partial charge in [0.25, 0.3) is 0 Å². The second-order valence-corrected chi connectivity index (χ2v) is 7.44. The molecule has 1 unspecified atom stereocenters. The van der Waals surface area contributed by atoms with Gasteiger partial charge >= 0.3 is 0 Å². The first-order chi connectivity index (χ1) is 12.3. The van der Waals surface area contributed by atoms with E-state index in [1.54, 1.807) is 4.90 Å². The van der Waals surface area contributed by atoms with Crippen molar-refractivity contribution in [2.24, 2.45) is 10.4 Å². The molecule has 1 saturated carbocycles. The number of hydrogen-bond acceptors (Lipinski definition) is 3. The fourth-order valence-electron chi connectivity index (χ4n) is 3.28. The molecule has 1 atom stereocenters. The molecule has 27 heavy (non-hydrogen) atoms. The minimum atomic E-state index is -0.375. The zero-order chi connectivity index (χ0) is 19.6. The topological polar surface area (TPSA) is 85.8 Å². The molecule has 0 saturated heterocycles. The predicted molar refractivity (Wildman–Crippen MR) is 122 cm³/mol. The molecule has 158 valence electrons. The standard InChI is InChI=1S/C19H37N5O2.HI/c1-6-15(3)23-16(25)10-13-21-18(20-7-2)22-14-19(11-8-9-12-19)17(26)24(4)5;/h15H,6-14H2,1-5H3,(H,23,25)(H2,20,21,22);1H. The van der Waals surface area contributed by atoms with Crippen LogP contribution in [-0.4, -0.2) is 62.4 Å². The molecule has 1 aliphatic carbocycles. The van der Waals surface area contributed by atoms with Crippen molar-refractivity contribution in [2.45, 2.75) is 65.3 Å². The molecule has 0 radical (unpaired) electrons. The molecular formula is C19H38IN5O2. The molecule has 7 nitrogen and oxygen atoms in total. The third-order valence-electron chi connectivity index (χ3n) is 4.97. The number of aliphatic imine (C=N–C) groups is 1. The van der Waals surface area contributed by atoms with Gasteiger partial charge in [0.15, 0.2) is 5.96 Å². The van der Waals surface area contributed by atoms with Gasteiger partial charge in [-0.1, -0.05) is 19.8 Å². The van der Waals surface area contributed by atoms with E-state index < -0.39 is 0 Å². The summed E-state index contributed by atoms with van der Waals surface area (Å²) in [6.07, 6.45) is 5.26. The van der Waals surface area contributed by atoms with Crippen molar-refractivity contribution in [1.29, 1.82) is 0 Å². The Bertz CT molecular complexity index is 490. The number of amides is 2. The summed E-state index contributed by atoms with van der Waals surface area (Å²) in [7, 11) is 3.62. The van der Waals surface area contributed by atoms with Gasteiger partial charge < -0.3 is 20.9 Å². The summed E-state index contributed by atoms with van der Waals surface area (Å²) in [5, 5.41) is 9.36. The summed E-state index contributed by atoms with van der Waals surface area (Å²) in [6, 6.07) is 0.198. The average molecular weight is 495 g/mol. The number of rotatable bonds is 9. The van der Waals surface area contributed by atoms with Gasteiger partial charge in [-0.15, -0.1) is 24.0 Å². The Morgan fingerprint density at radius 1 is 1.15 bits per heavy atom. The molecule has 1 aliphatic rings. The first-order valence-corrected chi connectivity index (χ1v) is 9.88. The van der Waals surface area contributed by atoms with E-state index in [2.05, 4.69) is 20.9 Å². The molecular weight excluding hydrogens is 457 g/mol. The quantitative estimate of drug-likeness (QED) is 0.260. The Hall–Kier alpha value is -1.06. The van der Waals surface area contributed by atoms with Crippen LogP contribution >= 0.6 is 24.0 Å². The van der Waals surface area contributed by atoms with Crippen molar-refractivity contribution < 1.29 is 9.59 Å². The molecule has 1 rings (SSSR count). The molecule has 0 aliphatic heterocycles. The summed E-state index contributed by atoms with van der Waals surface area (Å²) in [5.41, 5.74) is -0.375. The summed E-state index contributed by atoms with van der Waals surface area (Å²) >= 11 is 0. The number of guanidine groups is 1. The van der Waals surface area contributed by atoms with E-state index in [0.29, 0.717) is 25.5 Å². The molecule has 0 heterocycles. The van der Waals surface area contributed by atoms with Crippen LogP contribution in [0.25, 0.3) is 0 Å². The van der Waals surface area contributed by atoms with E-state index in [1.807, 2.05) is 34.9 Å². The number of nitrogens with one attached hydrogen (secondary N) is 3. The summed E-state index contributed by atoms with van der Waals surface area (Å²) < 4.78 is 0. The lowest BCUT2D eigenvalue weighted by atomic mass is 9.85. The monoisotopic (exact) mass is 495 g/mol. The summed E-state index contributed by atoms with van der Waals surface area (Å²) in [6.45, 7) is 7.79. The highest BCUT2D eigenvalue weighted by molar-refractivity contribution is 14.0. The van der Waals surface area contributed by atoms with E-state index in [1.165, 1.54) is 0 Å². The summed E-state index contributed by atoms with van der Waals surface area (Å²) in [5.74, 6) is 0.877. The maximum absolute atomic E-state index is 12.6. The Labute approximate surface area is 181 Å². The molecule has 1 fully saturated rings. The van der Waals surface area contributed by atoms with Crippen LogP contribution in [0.3, 0.4) is 0 Å². The molecule has 0 bridgehead atoms. The van der Waals surface area contributed by atoms with Crippen molar-refractivity contribution in [2.75, 3.05) is 33.7 Å². The fourth-order valence-corrected chi connectivity index (χ4v) is 3.28. The minimum absolute atomic E-state index is 0. The normalized spacial score (nSPS) is 16.9. The van der Waals surface area contributed by atoms with Crippen LogP contribution in [0.15, 0.2) is 4.99 Å². The zero-order valence-corrected chi connectivity index (χ0v) is 19.9. The molecule has 3 N–H and O–H groups in total. The second-order valence-electron chi connectivity index (χ2n) is 7.44. The van der Waals surface area contributed by atoms with Crippen LogP contribution in [0.5, 0.6) is 0 Å². The largest absolute Gasteiger partial charge is 0.357 e. The first kappa shape index (κ1) is 25.9. The lowest BCUT2D eigenvalue weighted by molar-refractivity contribution is -0.138. The maximum Gasteiger partial charge on any atom is 0.230 e. The number of carbonyl (C=O) groups is 2. The molecule has 0 spiro atoms. The van der Waals surface area contributed by atoms with Crippen LogP contribution in [-0.2, 0) is 9.59 Å². The Morgan fingerprint density at radius 3 is 2.30 bits per heavy atom. The third kappa shape index (κ3) is 8.66. The lowest BCUT2D eigenvalue weighted by Gasteiger charge is -2.29. The van der Waals surface area contributed by atoms with Gasteiger partial charge in [-0.05, 0) is 33.1 Å². The highest BCUT2D eigenvalue weighted by Crippen LogP contribution is 2.39. The Morgan fingerprint density at radius 2 is 1.78 bits per heavy atom. The van der Waals surface area contributed by atoms with Gasteiger partial charge in [-0.25, -0.2) is 0 Å². The lowest BCUT2D eigenvalue weighted by Crippen LogP contribution is -2.43. The van der Waals surface area contributed by atoms with E-state index in [9.17, 15) is 9.59 Å². The van der Waals surface area contributed by atoms with E-state index in [-0.39, 0.29) is 47.2 Å². The van der Waals surface area contributed by atoms with Crippen molar-refractivity contribution in [3.8, 4) is 0 Å².